The van der Waals surface area contributed by atoms with Crippen LogP contribution in [0.1, 0.15) is 0 Å². The fraction of sp³-hybridized carbons (Fsp3) is 0.0435. The largest absolute Gasteiger partial charge is 0.480 e. The summed E-state index contributed by atoms with van der Waals surface area (Å²) in [6, 6.07) is 9.33. The first-order chi connectivity index (χ1) is 16.9. The first-order valence-electron chi connectivity index (χ1n) is 10.0. The zero-order chi connectivity index (χ0) is 24.6. The molecule has 12 heteroatoms. The van der Waals surface area contributed by atoms with Crippen LogP contribution in [0.2, 0.25) is 0 Å². The summed E-state index contributed by atoms with van der Waals surface area (Å²) in [6.07, 6.45) is 6.44. The van der Waals surface area contributed by atoms with E-state index in [2.05, 4.69) is 24.9 Å². The van der Waals surface area contributed by atoms with E-state index in [1.165, 1.54) is 30.7 Å². The summed E-state index contributed by atoms with van der Waals surface area (Å²) in [6.45, 7) is 0. The summed E-state index contributed by atoms with van der Waals surface area (Å²) in [7, 11) is -3.07. The molecule has 1 N–H and O–H groups in total. The summed E-state index contributed by atoms with van der Waals surface area (Å²) < 4.78 is 60.6. The van der Waals surface area contributed by atoms with E-state index in [1.54, 1.807) is 24.7 Å². The summed E-state index contributed by atoms with van der Waals surface area (Å²) in [5.41, 5.74) is 2.21. The van der Waals surface area contributed by atoms with E-state index < -0.39 is 26.6 Å². The third-order valence-electron chi connectivity index (χ3n) is 5.09. The Morgan fingerprint density at radius 2 is 1.80 bits per heavy atom. The Morgan fingerprint density at radius 3 is 2.54 bits per heavy atom. The van der Waals surface area contributed by atoms with Gasteiger partial charge in [-0.3, -0.25) is 4.72 Å². The molecule has 4 aromatic heterocycles. The van der Waals surface area contributed by atoms with Gasteiger partial charge in [0.05, 0.1) is 19.5 Å². The molecule has 0 fully saturated rings. The van der Waals surface area contributed by atoms with Crippen LogP contribution in [0.15, 0.2) is 72.1 Å². The third-order valence-corrected chi connectivity index (χ3v) is 7.58. The molecule has 0 unspecified atom stereocenters. The van der Waals surface area contributed by atoms with Gasteiger partial charge in [0, 0.05) is 39.9 Å². The number of fused-ring (bicyclic) bond motifs is 1. The maximum absolute atomic E-state index is 14.2. The van der Waals surface area contributed by atoms with Crippen molar-refractivity contribution in [1.82, 2.24) is 20.2 Å². The molecule has 5 aromatic rings. The predicted molar refractivity (Wildman–Crippen MR) is 128 cm³/mol. The minimum absolute atomic E-state index is 0.00697. The molecule has 176 valence electrons. The maximum Gasteiger partial charge on any atom is 0.264 e. The number of methoxy groups -OCH3 is 1. The Balaban J connectivity index is 1.58. The Bertz CT molecular complexity index is 1660. The molecule has 0 atom stereocenters. The first-order valence-corrected chi connectivity index (χ1v) is 12.3. The van der Waals surface area contributed by atoms with Crippen molar-refractivity contribution in [2.24, 2.45) is 0 Å². The van der Waals surface area contributed by atoms with Crippen LogP contribution < -0.4 is 9.46 Å². The highest BCUT2D eigenvalue weighted by atomic mass is 32.2. The number of rotatable bonds is 6. The number of hydrogen-bond donors (Lipinski definition) is 1. The van der Waals surface area contributed by atoms with Crippen molar-refractivity contribution < 1.29 is 21.9 Å². The molecule has 0 radical (unpaired) electrons. The first kappa shape index (κ1) is 22.7. The van der Waals surface area contributed by atoms with Gasteiger partial charge in [-0.1, -0.05) is 0 Å². The summed E-state index contributed by atoms with van der Waals surface area (Å²) in [5.74, 6) is -2.12. The van der Waals surface area contributed by atoms with Crippen LogP contribution >= 0.6 is 11.3 Å². The van der Waals surface area contributed by atoms with Crippen LogP contribution in [0, 0.1) is 11.6 Å². The Morgan fingerprint density at radius 1 is 0.943 bits per heavy atom. The molecule has 0 saturated heterocycles. The lowest BCUT2D eigenvalue weighted by molar-refractivity contribution is 0.400. The Kier molecular flexibility index (Phi) is 5.83. The van der Waals surface area contributed by atoms with Gasteiger partial charge in [-0.2, -0.15) is 10.2 Å². The van der Waals surface area contributed by atoms with Gasteiger partial charge < -0.3 is 4.74 Å². The highest BCUT2D eigenvalue weighted by molar-refractivity contribution is 7.92. The van der Waals surface area contributed by atoms with Gasteiger partial charge in [0.15, 0.2) is 0 Å². The van der Waals surface area contributed by atoms with Crippen LogP contribution in [0.25, 0.3) is 31.8 Å². The van der Waals surface area contributed by atoms with Crippen LogP contribution in [-0.4, -0.2) is 35.7 Å². The van der Waals surface area contributed by atoms with Crippen LogP contribution in [0.4, 0.5) is 14.5 Å². The number of anilines is 1. The van der Waals surface area contributed by atoms with Crippen molar-refractivity contribution in [3.8, 4) is 27.4 Å². The van der Waals surface area contributed by atoms with Crippen molar-refractivity contribution >= 4 is 37.3 Å². The topological polar surface area (TPSA) is 107 Å². The number of hydrogen-bond acceptors (Lipinski definition) is 8. The van der Waals surface area contributed by atoms with E-state index in [9.17, 15) is 17.2 Å². The lowest BCUT2D eigenvalue weighted by Crippen LogP contribution is -2.15. The summed E-state index contributed by atoms with van der Waals surface area (Å²) in [5, 5.41) is 8.54. The molecule has 0 aliphatic carbocycles. The number of aromatic nitrogens is 4. The fourth-order valence-corrected chi connectivity index (χ4v) is 5.62. The molecule has 0 bridgehead atoms. The zero-order valence-electron chi connectivity index (χ0n) is 17.9. The molecule has 8 nitrogen and oxygen atoms in total. The number of nitrogens with one attached hydrogen (secondary N) is 1. The summed E-state index contributed by atoms with van der Waals surface area (Å²) >= 11 is 1.47. The second kappa shape index (κ2) is 8.96. The molecule has 0 aliphatic heterocycles. The van der Waals surface area contributed by atoms with E-state index in [1.807, 2.05) is 12.1 Å². The number of nitrogens with zero attached hydrogens (tertiary/aromatic N) is 4. The average molecular weight is 512 g/mol. The number of ether oxygens (including phenoxy) is 1. The molecular weight excluding hydrogens is 496 g/mol. The normalized spacial score (nSPS) is 11.5. The van der Waals surface area contributed by atoms with E-state index >= 15 is 0 Å². The van der Waals surface area contributed by atoms with E-state index in [-0.39, 0.29) is 11.6 Å². The van der Waals surface area contributed by atoms with Gasteiger partial charge in [0.1, 0.15) is 27.0 Å². The van der Waals surface area contributed by atoms with Gasteiger partial charge >= 0.3 is 0 Å². The number of halogens is 2. The molecule has 0 amide bonds. The number of benzene rings is 1. The van der Waals surface area contributed by atoms with Gasteiger partial charge in [-0.05, 0) is 42.0 Å². The van der Waals surface area contributed by atoms with E-state index in [0.717, 1.165) is 38.4 Å². The minimum atomic E-state index is -4.40. The quantitative estimate of drug-likeness (QED) is 0.345. The standard InChI is InChI=1S/C23H15F2N5O3S2/c1-33-22-19(30-35(31,32)21-3-2-15(24)9-18(21)25)8-14(11-27-22)16-5-6-26-23-17(16)10-20(34-23)13-4-7-28-29-12-13/h2-12,30H,1H3. The van der Waals surface area contributed by atoms with Gasteiger partial charge in [-0.15, -0.1) is 11.3 Å². The van der Waals surface area contributed by atoms with Gasteiger partial charge in [-0.25, -0.2) is 27.2 Å². The van der Waals surface area contributed by atoms with Crippen molar-refractivity contribution in [2.75, 3.05) is 11.8 Å². The highest BCUT2D eigenvalue weighted by Gasteiger charge is 2.22. The Labute approximate surface area is 202 Å². The van der Waals surface area contributed by atoms with Crippen molar-refractivity contribution in [1.29, 1.82) is 0 Å². The second-order valence-electron chi connectivity index (χ2n) is 7.28. The number of sulfonamides is 1. The molecule has 1 aromatic carbocycles. The van der Waals surface area contributed by atoms with Crippen molar-refractivity contribution in [2.45, 2.75) is 4.90 Å². The monoisotopic (exact) mass is 511 g/mol. The molecule has 0 aliphatic rings. The van der Waals surface area contributed by atoms with Crippen LogP contribution in [0.5, 0.6) is 5.88 Å². The molecular formula is C23H15F2N5O3S2. The molecule has 5 rings (SSSR count). The number of thiophene rings is 1. The van der Waals surface area contributed by atoms with Crippen molar-refractivity contribution in [3.05, 3.63) is 78.9 Å². The van der Waals surface area contributed by atoms with Crippen LogP contribution in [-0.2, 0) is 10.0 Å². The van der Waals surface area contributed by atoms with E-state index in [4.69, 9.17) is 4.74 Å². The lowest BCUT2D eigenvalue weighted by Gasteiger charge is -2.13. The number of pyridine rings is 2. The van der Waals surface area contributed by atoms with Crippen LogP contribution in [0.3, 0.4) is 0 Å². The summed E-state index contributed by atoms with van der Waals surface area (Å²) in [4.78, 5) is 9.66. The van der Waals surface area contributed by atoms with E-state index in [0.29, 0.717) is 11.6 Å². The molecule has 35 heavy (non-hydrogen) atoms. The smallest absolute Gasteiger partial charge is 0.264 e. The second-order valence-corrected chi connectivity index (χ2v) is 9.96. The molecule has 0 saturated carbocycles. The Hall–Kier alpha value is -4.03. The van der Waals surface area contributed by atoms with Gasteiger partial charge in [0.25, 0.3) is 10.0 Å². The minimum Gasteiger partial charge on any atom is -0.480 e. The lowest BCUT2D eigenvalue weighted by atomic mass is 10.0. The SMILES string of the molecule is COc1ncc(-c2ccnc3sc(-c4ccnnc4)cc23)cc1NS(=O)(=O)c1ccc(F)cc1F. The fourth-order valence-electron chi connectivity index (χ4n) is 3.50. The maximum atomic E-state index is 14.2. The molecule has 4 heterocycles. The average Bonchev–Trinajstić information content (AvgIpc) is 3.29. The predicted octanol–water partition coefficient (Wildman–Crippen LogP) is 4.90. The van der Waals surface area contributed by atoms with Gasteiger partial charge in [0.2, 0.25) is 5.88 Å². The zero-order valence-corrected chi connectivity index (χ0v) is 19.6. The molecule has 0 spiro atoms. The third kappa shape index (κ3) is 4.40. The highest BCUT2D eigenvalue weighted by Crippen LogP contribution is 2.38. The van der Waals surface area contributed by atoms with Crippen molar-refractivity contribution in [3.63, 3.8) is 0 Å².